The van der Waals surface area contributed by atoms with E-state index in [0.29, 0.717) is 23.1 Å². The molecule has 32 heavy (non-hydrogen) atoms. The molecule has 166 valence electrons. The van der Waals surface area contributed by atoms with Gasteiger partial charge in [0, 0.05) is 19.3 Å². The lowest BCUT2D eigenvalue weighted by Crippen LogP contribution is -2.37. The first-order chi connectivity index (χ1) is 15.5. The van der Waals surface area contributed by atoms with Crippen LogP contribution in [0.3, 0.4) is 0 Å². The SMILES string of the molecule is Cc1ccc2nc(N(C)C3CCCCC3)c(/C=N/NC(=O)c3ccccc3O)c(=O)n2c1. The molecule has 1 saturated carbocycles. The molecule has 0 unspecified atom stereocenters. The van der Waals surface area contributed by atoms with E-state index < -0.39 is 5.91 Å². The van der Waals surface area contributed by atoms with Gasteiger partial charge in [-0.25, -0.2) is 10.4 Å². The molecule has 0 saturated heterocycles. The van der Waals surface area contributed by atoms with Crippen LogP contribution in [-0.4, -0.2) is 39.7 Å². The van der Waals surface area contributed by atoms with Gasteiger partial charge in [-0.2, -0.15) is 5.10 Å². The molecule has 1 amide bonds. The maximum absolute atomic E-state index is 13.3. The zero-order valence-corrected chi connectivity index (χ0v) is 18.3. The molecule has 8 nitrogen and oxygen atoms in total. The molecule has 2 aromatic heterocycles. The number of hydrogen-bond acceptors (Lipinski definition) is 6. The van der Waals surface area contributed by atoms with Crippen LogP contribution in [0, 0.1) is 6.92 Å². The minimum Gasteiger partial charge on any atom is -0.507 e. The van der Waals surface area contributed by atoms with Crippen molar-refractivity contribution in [3.63, 3.8) is 0 Å². The fraction of sp³-hybridized carbons (Fsp3) is 0.333. The van der Waals surface area contributed by atoms with Crippen molar-refractivity contribution in [1.29, 1.82) is 0 Å². The van der Waals surface area contributed by atoms with E-state index in [2.05, 4.69) is 15.4 Å². The third-order valence-corrected chi connectivity index (χ3v) is 5.95. The zero-order chi connectivity index (χ0) is 22.7. The molecule has 1 aliphatic carbocycles. The highest BCUT2D eigenvalue weighted by Gasteiger charge is 2.23. The Labute approximate surface area is 186 Å². The number of anilines is 1. The highest BCUT2D eigenvalue weighted by molar-refractivity contribution is 5.97. The van der Waals surface area contributed by atoms with Crippen LogP contribution in [0.2, 0.25) is 0 Å². The second kappa shape index (κ2) is 9.21. The van der Waals surface area contributed by atoms with Gasteiger partial charge < -0.3 is 10.0 Å². The fourth-order valence-electron chi connectivity index (χ4n) is 4.15. The quantitative estimate of drug-likeness (QED) is 0.475. The number of nitrogens with one attached hydrogen (secondary N) is 1. The van der Waals surface area contributed by atoms with E-state index >= 15 is 0 Å². The minimum atomic E-state index is -0.564. The molecule has 2 heterocycles. The maximum Gasteiger partial charge on any atom is 0.275 e. The van der Waals surface area contributed by atoms with Crippen LogP contribution in [-0.2, 0) is 0 Å². The van der Waals surface area contributed by atoms with Gasteiger partial charge in [0.2, 0.25) is 0 Å². The molecular weight excluding hydrogens is 406 g/mol. The number of benzene rings is 1. The predicted molar refractivity (Wildman–Crippen MR) is 125 cm³/mol. The number of pyridine rings is 1. The largest absolute Gasteiger partial charge is 0.507 e. The summed E-state index contributed by atoms with van der Waals surface area (Å²) in [5.74, 6) is -0.154. The van der Waals surface area contributed by atoms with Gasteiger partial charge in [0.15, 0.2) is 0 Å². The number of amides is 1. The minimum absolute atomic E-state index is 0.105. The number of para-hydroxylation sites is 1. The number of aromatic nitrogens is 2. The Morgan fingerprint density at radius 3 is 2.72 bits per heavy atom. The van der Waals surface area contributed by atoms with Crippen molar-refractivity contribution in [3.05, 3.63) is 69.6 Å². The Morgan fingerprint density at radius 2 is 1.97 bits per heavy atom. The van der Waals surface area contributed by atoms with Gasteiger partial charge in [-0.15, -0.1) is 0 Å². The standard InChI is InChI=1S/C24H27N5O3/c1-16-12-13-21-26-22(28(2)17-8-4-3-5-9-17)19(24(32)29(21)15-16)14-25-27-23(31)18-10-6-7-11-20(18)30/h6-7,10-15,17,30H,3-5,8-9H2,1-2H3,(H,27,31)/b25-14+. The summed E-state index contributed by atoms with van der Waals surface area (Å²) in [5, 5.41) is 13.9. The molecule has 1 aromatic carbocycles. The third kappa shape index (κ3) is 4.34. The number of fused-ring (bicyclic) bond motifs is 1. The molecule has 3 aromatic rings. The first-order valence-corrected chi connectivity index (χ1v) is 10.8. The Hall–Kier alpha value is -3.68. The summed E-state index contributed by atoms with van der Waals surface area (Å²) in [6.07, 6.45) is 8.72. The Morgan fingerprint density at radius 1 is 1.22 bits per heavy atom. The van der Waals surface area contributed by atoms with Crippen LogP contribution in [0.1, 0.15) is 53.6 Å². The average Bonchev–Trinajstić information content (AvgIpc) is 2.81. The summed E-state index contributed by atoms with van der Waals surface area (Å²) in [4.78, 5) is 32.5. The number of aryl methyl sites for hydroxylation is 1. The summed E-state index contributed by atoms with van der Waals surface area (Å²) < 4.78 is 1.50. The average molecular weight is 434 g/mol. The van der Waals surface area contributed by atoms with Gasteiger partial charge >= 0.3 is 0 Å². The van der Waals surface area contributed by atoms with E-state index in [-0.39, 0.29) is 16.9 Å². The summed E-state index contributed by atoms with van der Waals surface area (Å²) >= 11 is 0. The summed E-state index contributed by atoms with van der Waals surface area (Å²) in [6.45, 7) is 1.91. The number of rotatable bonds is 5. The Kier molecular flexibility index (Phi) is 6.20. The lowest BCUT2D eigenvalue weighted by Gasteiger charge is -2.32. The molecule has 8 heteroatoms. The van der Waals surface area contributed by atoms with Crippen molar-refractivity contribution in [2.45, 2.75) is 45.1 Å². The first-order valence-electron chi connectivity index (χ1n) is 10.8. The van der Waals surface area contributed by atoms with Crippen molar-refractivity contribution in [2.24, 2.45) is 5.10 Å². The molecule has 1 fully saturated rings. The maximum atomic E-state index is 13.3. The molecular formula is C24H27N5O3. The topological polar surface area (TPSA) is 99.3 Å². The van der Waals surface area contributed by atoms with Crippen molar-refractivity contribution in [1.82, 2.24) is 14.8 Å². The number of hydrogen-bond donors (Lipinski definition) is 2. The molecule has 2 N–H and O–H groups in total. The zero-order valence-electron chi connectivity index (χ0n) is 18.3. The van der Waals surface area contributed by atoms with Gasteiger partial charge in [0.05, 0.1) is 11.8 Å². The van der Waals surface area contributed by atoms with E-state index in [1.54, 1.807) is 18.3 Å². The van der Waals surface area contributed by atoms with Gasteiger partial charge in [-0.05, 0) is 43.5 Å². The van der Waals surface area contributed by atoms with E-state index in [4.69, 9.17) is 4.98 Å². The lowest BCUT2D eigenvalue weighted by molar-refractivity contribution is 0.0952. The molecule has 0 atom stereocenters. The number of carbonyl (C=O) groups excluding carboxylic acids is 1. The summed E-state index contributed by atoms with van der Waals surface area (Å²) in [6, 6.07) is 10.3. The van der Waals surface area contributed by atoms with E-state index in [0.717, 1.165) is 31.2 Å². The fourth-order valence-corrected chi connectivity index (χ4v) is 4.15. The van der Waals surface area contributed by atoms with Gasteiger partial charge in [0.25, 0.3) is 11.5 Å². The molecule has 0 spiro atoms. The predicted octanol–water partition coefficient (Wildman–Crippen LogP) is 3.24. The molecule has 1 aliphatic rings. The second-order valence-corrected chi connectivity index (χ2v) is 8.21. The number of phenolic OH excluding ortho intramolecular Hbond substituents is 1. The number of carbonyl (C=O) groups is 1. The number of phenols is 1. The van der Waals surface area contributed by atoms with Gasteiger partial charge in [0.1, 0.15) is 22.8 Å². The smallest absolute Gasteiger partial charge is 0.275 e. The van der Waals surface area contributed by atoms with E-state index in [1.807, 2.05) is 26.1 Å². The third-order valence-electron chi connectivity index (χ3n) is 5.95. The normalized spacial score (nSPS) is 14.7. The molecule has 4 rings (SSSR count). The van der Waals surface area contributed by atoms with Crippen LogP contribution in [0.15, 0.2) is 52.5 Å². The Bertz CT molecular complexity index is 1230. The van der Waals surface area contributed by atoms with Crippen molar-refractivity contribution in [3.8, 4) is 5.75 Å². The molecule has 0 bridgehead atoms. The summed E-state index contributed by atoms with van der Waals surface area (Å²) in [7, 11) is 1.96. The van der Waals surface area contributed by atoms with Crippen LogP contribution in [0.25, 0.3) is 5.65 Å². The lowest BCUT2D eigenvalue weighted by atomic mass is 9.94. The second-order valence-electron chi connectivity index (χ2n) is 8.21. The van der Waals surface area contributed by atoms with Crippen LogP contribution < -0.4 is 15.9 Å². The first kappa shape index (κ1) is 21.5. The number of aromatic hydroxyl groups is 1. The highest BCUT2D eigenvalue weighted by atomic mass is 16.3. The van der Waals surface area contributed by atoms with Crippen molar-refractivity contribution < 1.29 is 9.90 Å². The summed E-state index contributed by atoms with van der Waals surface area (Å²) in [5.41, 5.74) is 4.05. The van der Waals surface area contributed by atoms with Crippen molar-refractivity contribution >= 4 is 23.6 Å². The van der Waals surface area contributed by atoms with Crippen LogP contribution in [0.5, 0.6) is 5.75 Å². The van der Waals surface area contributed by atoms with Gasteiger partial charge in [-0.1, -0.05) is 37.5 Å². The molecule has 0 aliphatic heterocycles. The van der Waals surface area contributed by atoms with Crippen LogP contribution >= 0.6 is 0 Å². The molecule has 0 radical (unpaired) electrons. The number of hydrazone groups is 1. The van der Waals surface area contributed by atoms with E-state index in [1.165, 1.54) is 29.2 Å². The Balaban J connectivity index is 1.71. The van der Waals surface area contributed by atoms with Crippen molar-refractivity contribution in [2.75, 3.05) is 11.9 Å². The monoisotopic (exact) mass is 433 g/mol. The van der Waals surface area contributed by atoms with Gasteiger partial charge in [-0.3, -0.25) is 14.0 Å². The highest BCUT2D eigenvalue weighted by Crippen LogP contribution is 2.26. The number of nitrogens with zero attached hydrogens (tertiary/aromatic N) is 4. The van der Waals surface area contributed by atoms with E-state index in [9.17, 15) is 14.7 Å². The van der Waals surface area contributed by atoms with Crippen LogP contribution in [0.4, 0.5) is 5.82 Å².